The summed E-state index contributed by atoms with van der Waals surface area (Å²) in [5.74, 6) is -0.173. The van der Waals surface area contributed by atoms with Crippen LogP contribution in [-0.2, 0) is 14.3 Å². The molecule has 0 aromatic carbocycles. The molecule has 0 atom stereocenters. The number of hydrogen-bond donors (Lipinski definition) is 1. The first kappa shape index (κ1) is 25.1. The smallest absolute Gasteiger partial charge is 0.217 e. The monoisotopic (exact) mass is 369 g/mol. The van der Waals surface area contributed by atoms with Crippen molar-refractivity contribution >= 4 is 5.91 Å². The Labute approximate surface area is 161 Å². The van der Waals surface area contributed by atoms with Gasteiger partial charge in [-0.1, -0.05) is 50.7 Å². The average molecular weight is 370 g/mol. The third-order valence-corrected chi connectivity index (χ3v) is 4.48. The van der Waals surface area contributed by atoms with Gasteiger partial charge in [0.1, 0.15) is 0 Å². The maximum Gasteiger partial charge on any atom is 0.217 e. The van der Waals surface area contributed by atoms with E-state index >= 15 is 0 Å². The van der Waals surface area contributed by atoms with Crippen molar-refractivity contribution in [1.29, 1.82) is 0 Å². The molecule has 154 valence electrons. The third-order valence-electron chi connectivity index (χ3n) is 4.48. The lowest BCUT2D eigenvalue weighted by atomic mass is 10.1. The van der Waals surface area contributed by atoms with Crippen LogP contribution in [0, 0.1) is 0 Å². The minimum Gasteiger partial charge on any atom is -0.370 e. The number of allylic oxidation sites excluding steroid dienone is 2. The number of ether oxygens (including phenoxy) is 2. The Kier molecular flexibility index (Phi) is 19.8. The largest absolute Gasteiger partial charge is 0.370 e. The molecule has 0 saturated heterocycles. The Morgan fingerprint density at radius 2 is 1.23 bits per heavy atom. The zero-order valence-electron chi connectivity index (χ0n) is 17.3. The normalized spacial score (nSPS) is 11.7. The van der Waals surface area contributed by atoms with Crippen molar-refractivity contribution in [2.45, 2.75) is 110 Å². The molecule has 26 heavy (non-hydrogen) atoms. The number of amides is 1. The van der Waals surface area contributed by atoms with Gasteiger partial charge in [-0.25, -0.2) is 0 Å². The van der Waals surface area contributed by atoms with Gasteiger partial charge < -0.3 is 15.2 Å². The van der Waals surface area contributed by atoms with Crippen LogP contribution in [0.3, 0.4) is 0 Å². The highest BCUT2D eigenvalue weighted by Gasteiger charge is 2.06. The number of carbonyl (C=O) groups is 1. The summed E-state index contributed by atoms with van der Waals surface area (Å²) in [7, 11) is 0. The lowest BCUT2D eigenvalue weighted by Crippen LogP contribution is -2.17. The van der Waals surface area contributed by atoms with E-state index < -0.39 is 0 Å². The fourth-order valence-electron chi connectivity index (χ4n) is 3.02. The Morgan fingerprint density at radius 1 is 0.769 bits per heavy atom. The van der Waals surface area contributed by atoms with E-state index in [1.165, 1.54) is 64.2 Å². The lowest BCUT2D eigenvalue weighted by molar-refractivity contribution is -0.140. The summed E-state index contributed by atoms with van der Waals surface area (Å²) < 4.78 is 11.1. The molecule has 0 saturated carbocycles. The van der Waals surface area contributed by atoms with Gasteiger partial charge in [-0.2, -0.15) is 0 Å². The van der Waals surface area contributed by atoms with E-state index in [0.717, 1.165) is 32.5 Å². The number of hydrogen-bond acceptors (Lipinski definition) is 3. The summed E-state index contributed by atoms with van der Waals surface area (Å²) in [6.45, 7) is 5.50. The number of carbonyl (C=O) groups excluding carboxylic acids is 1. The molecule has 0 aliphatic heterocycles. The van der Waals surface area contributed by atoms with Gasteiger partial charge in [0.25, 0.3) is 0 Å². The van der Waals surface area contributed by atoms with Crippen molar-refractivity contribution < 1.29 is 14.3 Å². The van der Waals surface area contributed by atoms with Gasteiger partial charge in [0.15, 0.2) is 6.29 Å². The van der Waals surface area contributed by atoms with E-state index in [0.29, 0.717) is 6.42 Å². The third kappa shape index (κ3) is 19.5. The minimum absolute atomic E-state index is 0.00362. The molecule has 0 aliphatic rings. The molecule has 0 aliphatic carbocycles. The molecule has 0 heterocycles. The molecular weight excluding hydrogens is 326 g/mol. The molecule has 0 spiro atoms. The second-order valence-corrected chi connectivity index (χ2v) is 6.93. The van der Waals surface area contributed by atoms with Gasteiger partial charge in [-0.3, -0.25) is 4.79 Å². The van der Waals surface area contributed by atoms with Gasteiger partial charge in [0.2, 0.25) is 5.91 Å². The number of nitrogens with two attached hydrogens (primary N) is 1. The topological polar surface area (TPSA) is 61.5 Å². The van der Waals surface area contributed by atoms with Crippen molar-refractivity contribution in [3.63, 3.8) is 0 Å². The first-order valence-corrected chi connectivity index (χ1v) is 10.9. The molecule has 0 aromatic heterocycles. The zero-order valence-corrected chi connectivity index (χ0v) is 17.3. The van der Waals surface area contributed by atoms with E-state index in [-0.39, 0.29) is 12.2 Å². The van der Waals surface area contributed by atoms with Crippen LogP contribution >= 0.6 is 0 Å². The fraction of sp³-hybridized carbons (Fsp3) is 0.864. The number of primary amides is 1. The highest BCUT2D eigenvalue weighted by atomic mass is 16.7. The molecule has 0 bridgehead atoms. The Bertz CT molecular complexity index is 325. The Hall–Kier alpha value is -0.870. The van der Waals surface area contributed by atoms with Crippen molar-refractivity contribution in [3.05, 3.63) is 12.2 Å². The van der Waals surface area contributed by atoms with Crippen LogP contribution in [0.5, 0.6) is 0 Å². The highest BCUT2D eigenvalue weighted by Crippen LogP contribution is 2.12. The van der Waals surface area contributed by atoms with E-state index in [4.69, 9.17) is 15.2 Å². The van der Waals surface area contributed by atoms with Crippen molar-refractivity contribution in [2.75, 3.05) is 13.2 Å². The highest BCUT2D eigenvalue weighted by molar-refractivity contribution is 5.73. The van der Waals surface area contributed by atoms with Crippen molar-refractivity contribution in [2.24, 2.45) is 5.73 Å². The zero-order chi connectivity index (χ0) is 19.3. The maximum absolute atomic E-state index is 10.6. The lowest BCUT2D eigenvalue weighted by Gasteiger charge is -2.16. The molecule has 2 N–H and O–H groups in total. The maximum atomic E-state index is 10.6. The number of rotatable bonds is 20. The van der Waals surface area contributed by atoms with Crippen LogP contribution in [-0.4, -0.2) is 25.4 Å². The second kappa shape index (κ2) is 20.4. The van der Waals surface area contributed by atoms with Gasteiger partial charge in [0.05, 0.1) is 0 Å². The first-order chi connectivity index (χ1) is 12.7. The second-order valence-electron chi connectivity index (χ2n) is 6.93. The Balaban J connectivity index is 3.27. The predicted molar refractivity (Wildman–Crippen MR) is 110 cm³/mol. The van der Waals surface area contributed by atoms with Crippen molar-refractivity contribution in [3.8, 4) is 0 Å². The molecule has 4 heteroatoms. The van der Waals surface area contributed by atoms with Gasteiger partial charge in [0, 0.05) is 19.6 Å². The standard InChI is InChI=1S/C22H43NO3/c1-3-25-22(26-4-2)20-18-16-14-12-10-8-6-5-7-9-11-13-15-17-19-21(23)24/h5-6,22H,3-4,7-20H2,1-2H3,(H2,23,24)/b6-5-. The van der Waals surface area contributed by atoms with Crippen LogP contribution in [0.2, 0.25) is 0 Å². The molecule has 0 unspecified atom stereocenters. The summed E-state index contributed by atoms with van der Waals surface area (Å²) in [5.41, 5.74) is 5.12. The van der Waals surface area contributed by atoms with Crippen molar-refractivity contribution in [1.82, 2.24) is 0 Å². The summed E-state index contributed by atoms with van der Waals surface area (Å²) in [5, 5.41) is 0. The van der Waals surface area contributed by atoms with E-state index in [9.17, 15) is 4.79 Å². The van der Waals surface area contributed by atoms with Gasteiger partial charge in [-0.15, -0.1) is 0 Å². The summed E-state index contributed by atoms with van der Waals surface area (Å²) in [6, 6.07) is 0. The molecule has 1 amide bonds. The Morgan fingerprint density at radius 3 is 1.73 bits per heavy atom. The molecule has 0 rings (SSSR count). The summed E-state index contributed by atoms with van der Waals surface area (Å²) in [4.78, 5) is 10.6. The van der Waals surface area contributed by atoms with Crippen LogP contribution in [0.15, 0.2) is 12.2 Å². The molecule has 0 fully saturated rings. The quantitative estimate of drug-likeness (QED) is 0.165. The average Bonchev–Trinajstić information content (AvgIpc) is 2.61. The van der Waals surface area contributed by atoms with Crippen LogP contribution < -0.4 is 5.73 Å². The fourth-order valence-corrected chi connectivity index (χ4v) is 3.02. The first-order valence-electron chi connectivity index (χ1n) is 10.9. The predicted octanol–water partition coefficient (Wildman–Crippen LogP) is 5.89. The van der Waals surface area contributed by atoms with Gasteiger partial charge >= 0.3 is 0 Å². The van der Waals surface area contributed by atoms with Gasteiger partial charge in [-0.05, 0) is 58.8 Å². The van der Waals surface area contributed by atoms with E-state index in [1.54, 1.807) is 0 Å². The molecular formula is C22H43NO3. The molecule has 4 nitrogen and oxygen atoms in total. The number of unbranched alkanes of at least 4 members (excludes halogenated alkanes) is 10. The SMILES string of the molecule is CCOC(CCCCCCC/C=C\CCCCCCCC(N)=O)OCC. The summed E-state index contributed by atoms with van der Waals surface area (Å²) in [6.07, 6.45) is 20.8. The van der Waals surface area contributed by atoms with Crippen LogP contribution in [0.1, 0.15) is 104 Å². The minimum atomic E-state index is -0.173. The van der Waals surface area contributed by atoms with Crippen LogP contribution in [0.25, 0.3) is 0 Å². The van der Waals surface area contributed by atoms with Crippen LogP contribution in [0.4, 0.5) is 0 Å². The molecule has 0 aromatic rings. The molecule has 0 radical (unpaired) electrons. The van der Waals surface area contributed by atoms with E-state index in [2.05, 4.69) is 12.2 Å². The summed E-state index contributed by atoms with van der Waals surface area (Å²) >= 11 is 0. The van der Waals surface area contributed by atoms with E-state index in [1.807, 2.05) is 13.8 Å².